The lowest BCUT2D eigenvalue weighted by Gasteiger charge is -2.24. The third-order valence-electron chi connectivity index (χ3n) is 2.40. The van der Waals surface area contributed by atoms with E-state index in [4.69, 9.17) is 0 Å². The summed E-state index contributed by atoms with van der Waals surface area (Å²) >= 11 is 0. The normalized spacial score (nSPS) is 14.7. The molecule has 0 N–H and O–H groups in total. The first-order chi connectivity index (χ1) is 4.63. The Morgan fingerprint density at radius 1 is 1.10 bits per heavy atom. The maximum Gasteiger partial charge on any atom is -0.0190 e. The first-order valence-electron chi connectivity index (χ1n) is 4.49. The molecule has 61 valence electrons. The molecule has 0 aromatic carbocycles. The Balaban J connectivity index is 3.80. The Morgan fingerprint density at radius 3 is 1.70 bits per heavy atom. The summed E-state index contributed by atoms with van der Waals surface area (Å²) in [6.07, 6.45) is 2.55. The average Bonchev–Trinajstić information content (AvgIpc) is 1.88. The van der Waals surface area contributed by atoms with Gasteiger partial charge in [-0.15, -0.1) is 0 Å². The minimum atomic E-state index is 0.778. The summed E-state index contributed by atoms with van der Waals surface area (Å²) in [6.45, 7) is 11.5. The zero-order valence-electron chi connectivity index (χ0n) is 8.07. The standard InChI is InChI=1S/C10H21/c1-6-9(5)10(7-2)8(3)4/h8-9H,6-7H2,1-5H3. The zero-order chi connectivity index (χ0) is 8.15. The second-order valence-electron chi connectivity index (χ2n) is 3.39. The Labute approximate surface area is 66.0 Å². The van der Waals surface area contributed by atoms with E-state index < -0.39 is 0 Å². The van der Waals surface area contributed by atoms with Crippen molar-refractivity contribution in [3.05, 3.63) is 5.92 Å². The van der Waals surface area contributed by atoms with Crippen molar-refractivity contribution in [1.29, 1.82) is 0 Å². The predicted octanol–water partition coefficient (Wildman–Crippen LogP) is 3.67. The van der Waals surface area contributed by atoms with E-state index in [0.717, 1.165) is 11.8 Å². The van der Waals surface area contributed by atoms with Crippen LogP contribution in [-0.4, -0.2) is 0 Å². The first-order valence-corrected chi connectivity index (χ1v) is 4.49. The Morgan fingerprint density at radius 2 is 1.60 bits per heavy atom. The van der Waals surface area contributed by atoms with Crippen LogP contribution in [0.3, 0.4) is 0 Å². The summed E-state index contributed by atoms with van der Waals surface area (Å²) in [5.74, 6) is 3.33. The molecule has 1 unspecified atom stereocenters. The van der Waals surface area contributed by atoms with E-state index in [0.29, 0.717) is 0 Å². The van der Waals surface area contributed by atoms with Crippen molar-refractivity contribution in [2.75, 3.05) is 0 Å². The molecule has 0 aliphatic rings. The molecule has 1 radical (unpaired) electrons. The van der Waals surface area contributed by atoms with Gasteiger partial charge in [-0.1, -0.05) is 41.0 Å². The molecule has 0 spiro atoms. The van der Waals surface area contributed by atoms with Crippen LogP contribution in [0.5, 0.6) is 0 Å². The highest BCUT2D eigenvalue weighted by molar-refractivity contribution is 4.95. The van der Waals surface area contributed by atoms with Crippen molar-refractivity contribution in [3.8, 4) is 0 Å². The fourth-order valence-electron chi connectivity index (χ4n) is 1.59. The summed E-state index contributed by atoms with van der Waals surface area (Å²) in [5, 5.41) is 0. The van der Waals surface area contributed by atoms with E-state index in [-0.39, 0.29) is 0 Å². The van der Waals surface area contributed by atoms with Crippen molar-refractivity contribution in [1.82, 2.24) is 0 Å². The molecule has 0 aliphatic heterocycles. The van der Waals surface area contributed by atoms with Crippen molar-refractivity contribution < 1.29 is 0 Å². The quantitative estimate of drug-likeness (QED) is 0.560. The van der Waals surface area contributed by atoms with Crippen LogP contribution in [0.15, 0.2) is 0 Å². The van der Waals surface area contributed by atoms with Crippen LogP contribution in [0, 0.1) is 17.8 Å². The van der Waals surface area contributed by atoms with Gasteiger partial charge in [-0.3, -0.25) is 0 Å². The zero-order valence-corrected chi connectivity index (χ0v) is 8.07. The minimum Gasteiger partial charge on any atom is -0.0651 e. The van der Waals surface area contributed by atoms with Gasteiger partial charge in [0.05, 0.1) is 0 Å². The summed E-state index contributed by atoms with van der Waals surface area (Å²) in [7, 11) is 0. The van der Waals surface area contributed by atoms with E-state index in [1.165, 1.54) is 12.8 Å². The number of rotatable bonds is 4. The van der Waals surface area contributed by atoms with Gasteiger partial charge < -0.3 is 0 Å². The van der Waals surface area contributed by atoms with Gasteiger partial charge in [-0.25, -0.2) is 0 Å². The highest BCUT2D eigenvalue weighted by atomic mass is 14.2. The lowest BCUT2D eigenvalue weighted by molar-refractivity contribution is 0.451. The van der Waals surface area contributed by atoms with Gasteiger partial charge in [-0.05, 0) is 24.2 Å². The molecule has 0 aromatic rings. The summed E-state index contributed by atoms with van der Waals surface area (Å²) in [4.78, 5) is 0. The van der Waals surface area contributed by atoms with Crippen LogP contribution in [-0.2, 0) is 0 Å². The molecule has 0 saturated carbocycles. The monoisotopic (exact) mass is 141 g/mol. The smallest absolute Gasteiger partial charge is 0.0190 e. The molecule has 0 aliphatic carbocycles. The molecule has 1 atom stereocenters. The molecule has 0 nitrogen and oxygen atoms in total. The fraction of sp³-hybridized carbons (Fsp3) is 0.900. The van der Waals surface area contributed by atoms with Gasteiger partial charge in [0.25, 0.3) is 0 Å². The Hall–Kier alpha value is 0. The molecule has 0 heterocycles. The van der Waals surface area contributed by atoms with E-state index in [2.05, 4.69) is 34.6 Å². The fourth-order valence-corrected chi connectivity index (χ4v) is 1.59. The highest BCUT2D eigenvalue weighted by Gasteiger charge is 2.17. The van der Waals surface area contributed by atoms with Gasteiger partial charge in [0.2, 0.25) is 0 Å². The Bertz CT molecular complexity index is 74.1. The maximum absolute atomic E-state index is 2.33. The molecule has 0 heteroatoms. The molecule has 0 saturated heterocycles. The van der Waals surface area contributed by atoms with Crippen molar-refractivity contribution >= 4 is 0 Å². The molecular formula is C10H21. The third kappa shape index (κ3) is 2.72. The maximum atomic E-state index is 2.33. The SMILES string of the molecule is CC[C](C(C)C)C(C)CC. The molecule has 0 fully saturated rings. The van der Waals surface area contributed by atoms with Gasteiger partial charge >= 0.3 is 0 Å². The van der Waals surface area contributed by atoms with E-state index in [9.17, 15) is 0 Å². The van der Waals surface area contributed by atoms with Gasteiger partial charge in [0.15, 0.2) is 0 Å². The van der Waals surface area contributed by atoms with E-state index in [1.54, 1.807) is 5.92 Å². The van der Waals surface area contributed by atoms with Crippen LogP contribution < -0.4 is 0 Å². The van der Waals surface area contributed by atoms with Crippen LogP contribution in [0.25, 0.3) is 0 Å². The van der Waals surface area contributed by atoms with Crippen molar-refractivity contribution in [2.24, 2.45) is 11.8 Å². The average molecular weight is 141 g/mol. The third-order valence-corrected chi connectivity index (χ3v) is 2.40. The number of hydrogen-bond donors (Lipinski definition) is 0. The van der Waals surface area contributed by atoms with Crippen molar-refractivity contribution in [2.45, 2.75) is 47.5 Å². The second-order valence-corrected chi connectivity index (χ2v) is 3.39. The van der Waals surface area contributed by atoms with Crippen LogP contribution in [0.2, 0.25) is 0 Å². The minimum absolute atomic E-state index is 0.778. The number of hydrogen-bond acceptors (Lipinski definition) is 0. The van der Waals surface area contributed by atoms with Gasteiger partial charge in [0, 0.05) is 0 Å². The van der Waals surface area contributed by atoms with Crippen LogP contribution in [0.4, 0.5) is 0 Å². The summed E-state index contributed by atoms with van der Waals surface area (Å²) in [5.41, 5.74) is 0. The highest BCUT2D eigenvalue weighted by Crippen LogP contribution is 2.28. The Kier molecular flexibility index (Phi) is 4.76. The summed E-state index contributed by atoms with van der Waals surface area (Å²) < 4.78 is 0. The second kappa shape index (κ2) is 4.76. The lowest BCUT2D eigenvalue weighted by Crippen LogP contribution is -2.13. The van der Waals surface area contributed by atoms with Gasteiger partial charge in [-0.2, -0.15) is 0 Å². The van der Waals surface area contributed by atoms with Gasteiger partial charge in [0.1, 0.15) is 0 Å². The lowest BCUT2D eigenvalue weighted by atomic mass is 9.81. The first kappa shape index (κ1) is 10.0. The molecule has 0 amide bonds. The molecule has 0 rings (SSSR count). The summed E-state index contributed by atoms with van der Waals surface area (Å²) in [6, 6.07) is 0. The van der Waals surface area contributed by atoms with E-state index >= 15 is 0 Å². The molecular weight excluding hydrogens is 120 g/mol. The molecule has 10 heavy (non-hydrogen) atoms. The largest absolute Gasteiger partial charge is 0.0651 e. The van der Waals surface area contributed by atoms with Crippen molar-refractivity contribution in [3.63, 3.8) is 0 Å². The molecule has 0 bridgehead atoms. The van der Waals surface area contributed by atoms with E-state index in [1.807, 2.05) is 0 Å². The van der Waals surface area contributed by atoms with Crippen LogP contribution in [0.1, 0.15) is 47.5 Å². The predicted molar refractivity (Wildman–Crippen MR) is 47.8 cm³/mol. The topological polar surface area (TPSA) is 0 Å². The molecule has 0 aromatic heterocycles. The van der Waals surface area contributed by atoms with Crippen LogP contribution >= 0.6 is 0 Å².